The number of hydrogen-bond acceptors (Lipinski definition) is 3. The van der Waals surface area contributed by atoms with Crippen LogP contribution in [0.3, 0.4) is 0 Å². The monoisotopic (exact) mass is 287 g/mol. The van der Waals surface area contributed by atoms with Crippen LogP contribution in [0.15, 0.2) is 39.9 Å². The van der Waals surface area contributed by atoms with Gasteiger partial charge in [0.25, 0.3) is 11.1 Å². The van der Waals surface area contributed by atoms with E-state index in [9.17, 15) is 14.4 Å². The molecule has 0 bridgehead atoms. The van der Waals surface area contributed by atoms with Crippen molar-refractivity contribution < 1.29 is 4.79 Å². The van der Waals surface area contributed by atoms with Gasteiger partial charge in [0.2, 0.25) is 5.91 Å². The topological polar surface area (TPSA) is 84.0 Å². The van der Waals surface area contributed by atoms with Crippen molar-refractivity contribution in [1.82, 2.24) is 9.78 Å². The Labute approximate surface area is 121 Å². The number of amides is 1. The number of aromatic amines is 1. The van der Waals surface area contributed by atoms with Crippen LogP contribution >= 0.6 is 0 Å². The van der Waals surface area contributed by atoms with Crippen molar-refractivity contribution >= 4 is 11.6 Å². The quantitative estimate of drug-likeness (QED) is 0.885. The van der Waals surface area contributed by atoms with E-state index in [1.54, 1.807) is 0 Å². The summed E-state index contributed by atoms with van der Waals surface area (Å²) in [4.78, 5) is 34.5. The van der Waals surface area contributed by atoms with Gasteiger partial charge in [-0.1, -0.05) is 6.07 Å². The van der Waals surface area contributed by atoms with Crippen molar-refractivity contribution in [3.05, 3.63) is 62.2 Å². The SMILES string of the molecule is Cc1ccc(NC(=O)CCn2[nH]c(=O)ccc2=O)cc1C. The zero-order chi connectivity index (χ0) is 15.4. The van der Waals surface area contributed by atoms with E-state index in [-0.39, 0.29) is 30.0 Å². The molecule has 2 N–H and O–H groups in total. The lowest BCUT2D eigenvalue weighted by molar-refractivity contribution is -0.116. The third-order valence-corrected chi connectivity index (χ3v) is 3.24. The lowest BCUT2D eigenvalue weighted by Gasteiger charge is -2.08. The molecule has 0 aliphatic heterocycles. The van der Waals surface area contributed by atoms with Gasteiger partial charge >= 0.3 is 0 Å². The number of benzene rings is 1. The molecule has 0 saturated carbocycles. The molecule has 2 aromatic rings. The minimum atomic E-state index is -0.371. The van der Waals surface area contributed by atoms with Crippen molar-refractivity contribution in [3.63, 3.8) is 0 Å². The Morgan fingerprint density at radius 2 is 1.90 bits per heavy atom. The summed E-state index contributed by atoms with van der Waals surface area (Å²) in [5.41, 5.74) is 2.26. The molecule has 0 spiro atoms. The second-order valence-electron chi connectivity index (χ2n) is 4.90. The van der Waals surface area contributed by atoms with Crippen LogP contribution in [0.5, 0.6) is 0 Å². The van der Waals surface area contributed by atoms with Crippen molar-refractivity contribution in [2.24, 2.45) is 0 Å². The second-order valence-corrected chi connectivity index (χ2v) is 4.90. The van der Waals surface area contributed by atoms with Gasteiger partial charge in [0.1, 0.15) is 0 Å². The molecule has 0 atom stereocenters. The van der Waals surface area contributed by atoms with Gasteiger partial charge in [0.15, 0.2) is 0 Å². The van der Waals surface area contributed by atoms with Crippen LogP contribution in [0.25, 0.3) is 0 Å². The van der Waals surface area contributed by atoms with Crippen LogP contribution in [-0.4, -0.2) is 15.7 Å². The van der Waals surface area contributed by atoms with E-state index in [2.05, 4.69) is 10.4 Å². The van der Waals surface area contributed by atoms with Crippen LogP contribution in [0.4, 0.5) is 5.69 Å². The summed E-state index contributed by atoms with van der Waals surface area (Å²) in [7, 11) is 0. The minimum Gasteiger partial charge on any atom is -0.326 e. The molecule has 6 nitrogen and oxygen atoms in total. The van der Waals surface area contributed by atoms with Gasteiger partial charge in [0, 0.05) is 24.2 Å². The fourth-order valence-electron chi connectivity index (χ4n) is 1.88. The molecule has 0 saturated heterocycles. The highest BCUT2D eigenvalue weighted by Crippen LogP contribution is 2.14. The van der Waals surface area contributed by atoms with Gasteiger partial charge in [-0.15, -0.1) is 0 Å². The number of nitrogens with zero attached hydrogens (tertiary/aromatic N) is 1. The molecule has 2 rings (SSSR count). The van der Waals surface area contributed by atoms with Crippen molar-refractivity contribution in [2.75, 3.05) is 5.32 Å². The molecule has 1 heterocycles. The van der Waals surface area contributed by atoms with Crippen molar-refractivity contribution in [2.45, 2.75) is 26.8 Å². The maximum Gasteiger partial charge on any atom is 0.265 e. The summed E-state index contributed by atoms with van der Waals surface area (Å²) in [5.74, 6) is -0.213. The largest absolute Gasteiger partial charge is 0.326 e. The molecule has 21 heavy (non-hydrogen) atoms. The first-order valence-corrected chi connectivity index (χ1v) is 6.63. The van der Waals surface area contributed by atoms with Crippen molar-refractivity contribution in [3.8, 4) is 0 Å². The van der Waals surface area contributed by atoms with Gasteiger partial charge < -0.3 is 5.32 Å². The Kier molecular flexibility index (Phi) is 4.37. The van der Waals surface area contributed by atoms with Gasteiger partial charge in [0.05, 0.1) is 6.54 Å². The Bertz CT molecular complexity index is 774. The molecular formula is C15H17N3O3. The van der Waals surface area contributed by atoms with Gasteiger partial charge in [-0.3, -0.25) is 19.5 Å². The predicted octanol–water partition coefficient (Wildman–Crippen LogP) is 1.18. The lowest BCUT2D eigenvalue weighted by Crippen LogP contribution is -2.29. The first-order chi connectivity index (χ1) is 9.95. The first-order valence-electron chi connectivity index (χ1n) is 6.63. The summed E-state index contributed by atoms with van der Waals surface area (Å²) in [5, 5.41) is 5.15. The number of H-pyrrole nitrogens is 1. The van der Waals surface area contributed by atoms with Gasteiger partial charge in [-0.25, -0.2) is 4.68 Å². The third-order valence-electron chi connectivity index (χ3n) is 3.24. The number of rotatable bonds is 4. The number of aryl methyl sites for hydroxylation is 3. The molecule has 110 valence electrons. The minimum absolute atomic E-state index is 0.104. The predicted molar refractivity (Wildman–Crippen MR) is 80.5 cm³/mol. The molecule has 0 radical (unpaired) electrons. The van der Waals surface area contributed by atoms with Crippen LogP contribution in [0.1, 0.15) is 17.5 Å². The summed E-state index contributed by atoms with van der Waals surface area (Å²) in [6.45, 7) is 4.10. The summed E-state index contributed by atoms with van der Waals surface area (Å²) < 4.78 is 1.13. The molecule has 0 unspecified atom stereocenters. The van der Waals surface area contributed by atoms with E-state index >= 15 is 0 Å². The van der Waals surface area contributed by atoms with Crippen LogP contribution in [0.2, 0.25) is 0 Å². The average Bonchev–Trinajstić information content (AvgIpc) is 2.44. The highest BCUT2D eigenvalue weighted by Gasteiger charge is 2.05. The molecule has 1 amide bonds. The van der Waals surface area contributed by atoms with E-state index in [4.69, 9.17) is 0 Å². The average molecular weight is 287 g/mol. The number of nitrogens with one attached hydrogen (secondary N) is 2. The van der Waals surface area contributed by atoms with Gasteiger partial charge in [-0.2, -0.15) is 0 Å². The second kappa shape index (κ2) is 6.21. The van der Waals surface area contributed by atoms with E-state index in [1.165, 1.54) is 6.07 Å². The van der Waals surface area contributed by atoms with Crippen LogP contribution in [0, 0.1) is 13.8 Å². The van der Waals surface area contributed by atoms with Crippen LogP contribution < -0.4 is 16.4 Å². The smallest absolute Gasteiger partial charge is 0.265 e. The number of anilines is 1. The lowest BCUT2D eigenvalue weighted by atomic mass is 10.1. The van der Waals surface area contributed by atoms with E-state index < -0.39 is 0 Å². The standard InChI is InChI=1S/C15H17N3O3/c1-10-3-4-12(9-11(10)2)16-13(19)7-8-18-15(21)6-5-14(20)17-18/h3-6,9H,7-8H2,1-2H3,(H,16,19)(H,17,20). The maximum absolute atomic E-state index is 11.9. The first kappa shape index (κ1) is 14.8. The Morgan fingerprint density at radius 3 is 2.62 bits per heavy atom. The molecule has 0 aliphatic rings. The molecule has 1 aromatic heterocycles. The molecule has 0 aliphatic carbocycles. The Balaban J connectivity index is 1.99. The zero-order valence-electron chi connectivity index (χ0n) is 12.0. The molecule has 6 heteroatoms. The number of carbonyl (C=O) groups is 1. The van der Waals surface area contributed by atoms with E-state index in [0.29, 0.717) is 0 Å². The fraction of sp³-hybridized carbons (Fsp3) is 0.267. The molecule has 1 aromatic carbocycles. The Morgan fingerprint density at radius 1 is 1.14 bits per heavy atom. The maximum atomic E-state index is 11.9. The summed E-state index contributed by atoms with van der Waals surface area (Å²) in [6, 6.07) is 8.00. The summed E-state index contributed by atoms with van der Waals surface area (Å²) in [6.07, 6.45) is 0.104. The van der Waals surface area contributed by atoms with Gasteiger partial charge in [-0.05, 0) is 37.1 Å². The Hall–Kier alpha value is -2.63. The summed E-state index contributed by atoms with van der Waals surface area (Å²) >= 11 is 0. The highest BCUT2D eigenvalue weighted by atomic mass is 16.2. The number of carbonyl (C=O) groups excluding carboxylic acids is 1. The molecule has 0 fully saturated rings. The van der Waals surface area contributed by atoms with E-state index in [0.717, 1.165) is 27.6 Å². The number of hydrogen-bond donors (Lipinski definition) is 2. The van der Waals surface area contributed by atoms with Crippen molar-refractivity contribution in [1.29, 1.82) is 0 Å². The normalized spacial score (nSPS) is 10.4. The fourth-order valence-corrected chi connectivity index (χ4v) is 1.88. The highest BCUT2D eigenvalue weighted by molar-refractivity contribution is 5.90. The number of aromatic nitrogens is 2. The van der Waals surface area contributed by atoms with E-state index in [1.807, 2.05) is 32.0 Å². The zero-order valence-corrected chi connectivity index (χ0v) is 12.0. The molecular weight excluding hydrogens is 270 g/mol. The third kappa shape index (κ3) is 3.92. The van der Waals surface area contributed by atoms with Crippen LogP contribution in [-0.2, 0) is 11.3 Å².